The van der Waals surface area contributed by atoms with Crippen LogP contribution in [0.2, 0.25) is 0 Å². The van der Waals surface area contributed by atoms with Crippen molar-refractivity contribution in [3.8, 4) is 0 Å². The highest BCUT2D eigenvalue weighted by Crippen LogP contribution is 2.32. The summed E-state index contributed by atoms with van der Waals surface area (Å²) >= 11 is 0. The third-order valence-electron chi connectivity index (χ3n) is 4.03. The second-order valence-corrected chi connectivity index (χ2v) is 5.40. The molecule has 0 saturated carbocycles. The summed E-state index contributed by atoms with van der Waals surface area (Å²) in [5, 5.41) is 0. The van der Waals surface area contributed by atoms with Gasteiger partial charge in [-0.05, 0) is 25.3 Å². The Morgan fingerprint density at radius 3 is 2.90 bits per heavy atom. The van der Waals surface area contributed by atoms with Crippen LogP contribution in [0.5, 0.6) is 0 Å². The van der Waals surface area contributed by atoms with Crippen LogP contribution in [0.3, 0.4) is 0 Å². The number of hydrogen-bond donors (Lipinski definition) is 1. The van der Waals surface area contributed by atoms with Gasteiger partial charge in [0.1, 0.15) is 11.3 Å². The van der Waals surface area contributed by atoms with E-state index in [0.29, 0.717) is 30.7 Å². The van der Waals surface area contributed by atoms with Crippen LogP contribution in [-0.2, 0) is 16.0 Å². The van der Waals surface area contributed by atoms with E-state index in [1.807, 2.05) is 6.92 Å². The minimum Gasteiger partial charge on any atom is -0.469 e. The Kier molecular flexibility index (Phi) is 4.67. The molecular formula is C15H22N2O4. The fourth-order valence-electron chi connectivity index (χ4n) is 2.99. The number of methoxy groups -OCH3 is 1. The van der Waals surface area contributed by atoms with Crippen molar-refractivity contribution in [3.63, 3.8) is 0 Å². The molecule has 2 heterocycles. The molecule has 0 aromatic carbocycles. The van der Waals surface area contributed by atoms with Crippen molar-refractivity contribution < 1.29 is 18.7 Å². The number of carbonyl (C=O) groups excluding carboxylic acids is 2. The molecular weight excluding hydrogens is 272 g/mol. The molecule has 1 aliphatic rings. The molecule has 2 N–H and O–H groups in total. The normalized spacial score (nSPS) is 21.7. The largest absolute Gasteiger partial charge is 0.469 e. The van der Waals surface area contributed by atoms with E-state index in [9.17, 15) is 9.59 Å². The van der Waals surface area contributed by atoms with E-state index < -0.39 is 11.4 Å². The molecule has 1 aliphatic heterocycles. The molecule has 0 aliphatic carbocycles. The number of nitrogens with zero attached hydrogens (tertiary/aromatic N) is 1. The zero-order valence-corrected chi connectivity index (χ0v) is 12.6. The zero-order chi connectivity index (χ0) is 15.5. The van der Waals surface area contributed by atoms with Gasteiger partial charge in [-0.1, -0.05) is 6.92 Å². The summed E-state index contributed by atoms with van der Waals surface area (Å²) in [6.45, 7) is 2.64. The smallest absolute Gasteiger partial charge is 0.258 e. The highest BCUT2D eigenvalue weighted by Gasteiger charge is 2.49. The number of hydrogen-bond acceptors (Lipinski definition) is 4. The molecule has 1 fully saturated rings. The van der Waals surface area contributed by atoms with Crippen molar-refractivity contribution >= 4 is 11.8 Å². The number of nitrogens with two attached hydrogens (primary N) is 1. The van der Waals surface area contributed by atoms with Gasteiger partial charge < -0.3 is 19.8 Å². The van der Waals surface area contributed by atoms with Gasteiger partial charge in [-0.25, -0.2) is 0 Å². The first-order valence-corrected chi connectivity index (χ1v) is 7.24. The third kappa shape index (κ3) is 2.68. The number of aryl methyl sites for hydroxylation is 1. The van der Waals surface area contributed by atoms with Crippen LogP contribution in [0, 0.1) is 0 Å². The van der Waals surface area contributed by atoms with Crippen molar-refractivity contribution in [2.45, 2.75) is 38.1 Å². The minimum atomic E-state index is -1.05. The van der Waals surface area contributed by atoms with Gasteiger partial charge in [-0.15, -0.1) is 0 Å². The van der Waals surface area contributed by atoms with Crippen molar-refractivity contribution in [2.24, 2.45) is 5.73 Å². The van der Waals surface area contributed by atoms with Gasteiger partial charge in [-0.3, -0.25) is 9.59 Å². The molecule has 2 rings (SSSR count). The summed E-state index contributed by atoms with van der Waals surface area (Å²) in [7, 11) is 1.51. The molecule has 1 saturated heterocycles. The highest BCUT2D eigenvalue weighted by molar-refractivity contribution is 6.00. The molecule has 1 atom stereocenters. The molecule has 116 valence electrons. The Morgan fingerprint density at radius 2 is 2.29 bits per heavy atom. The average Bonchev–Trinajstić information content (AvgIpc) is 3.06. The first-order chi connectivity index (χ1) is 10.1. The summed E-state index contributed by atoms with van der Waals surface area (Å²) in [6.07, 6.45) is 4.35. The fourth-order valence-corrected chi connectivity index (χ4v) is 2.99. The van der Waals surface area contributed by atoms with Gasteiger partial charge in [0.25, 0.3) is 5.91 Å². The Hall–Kier alpha value is -1.82. The third-order valence-corrected chi connectivity index (χ3v) is 4.03. The molecule has 0 radical (unpaired) electrons. The maximum Gasteiger partial charge on any atom is 0.258 e. The first-order valence-electron chi connectivity index (χ1n) is 7.24. The van der Waals surface area contributed by atoms with E-state index >= 15 is 0 Å². The van der Waals surface area contributed by atoms with Crippen molar-refractivity contribution in [3.05, 3.63) is 23.7 Å². The predicted molar refractivity (Wildman–Crippen MR) is 76.8 cm³/mol. The molecule has 6 nitrogen and oxygen atoms in total. The van der Waals surface area contributed by atoms with E-state index in [4.69, 9.17) is 14.9 Å². The second kappa shape index (κ2) is 6.30. The summed E-state index contributed by atoms with van der Waals surface area (Å²) in [5.41, 5.74) is 5.03. The van der Waals surface area contributed by atoms with Crippen LogP contribution in [0.25, 0.3) is 0 Å². The summed E-state index contributed by atoms with van der Waals surface area (Å²) < 4.78 is 10.5. The molecule has 1 aromatic heterocycles. The Morgan fingerprint density at radius 1 is 1.52 bits per heavy atom. The van der Waals surface area contributed by atoms with E-state index in [1.165, 1.54) is 13.4 Å². The Bertz CT molecular complexity index is 525. The number of primary amides is 1. The highest BCUT2D eigenvalue weighted by atomic mass is 16.5. The molecule has 0 spiro atoms. The number of ether oxygens (including phenoxy) is 1. The zero-order valence-electron chi connectivity index (χ0n) is 12.6. The van der Waals surface area contributed by atoms with Gasteiger partial charge in [0.2, 0.25) is 5.91 Å². The topological polar surface area (TPSA) is 85.8 Å². The molecule has 2 amide bonds. The maximum absolute atomic E-state index is 12.8. The van der Waals surface area contributed by atoms with Crippen molar-refractivity contribution in [1.82, 2.24) is 4.90 Å². The van der Waals surface area contributed by atoms with Crippen LogP contribution in [-0.4, -0.2) is 42.5 Å². The number of carbonyl (C=O) groups is 2. The fraction of sp³-hybridized carbons (Fsp3) is 0.600. The van der Waals surface area contributed by atoms with Crippen LogP contribution in [0.1, 0.15) is 42.3 Å². The lowest BCUT2D eigenvalue weighted by Gasteiger charge is -2.35. The molecule has 6 heteroatoms. The second-order valence-electron chi connectivity index (χ2n) is 5.40. The van der Waals surface area contributed by atoms with Crippen molar-refractivity contribution in [1.29, 1.82) is 0 Å². The average molecular weight is 294 g/mol. The SMILES string of the molecule is CCCc1occc1C(=O)N1CCCC1(COC)C(N)=O. The van der Waals surface area contributed by atoms with Gasteiger partial charge in [0, 0.05) is 20.1 Å². The van der Waals surface area contributed by atoms with Crippen LogP contribution < -0.4 is 5.73 Å². The number of furan rings is 1. The van der Waals surface area contributed by atoms with E-state index in [1.54, 1.807) is 11.0 Å². The summed E-state index contributed by atoms with van der Waals surface area (Å²) in [5.74, 6) is -0.0681. The molecule has 21 heavy (non-hydrogen) atoms. The summed E-state index contributed by atoms with van der Waals surface area (Å²) in [6, 6.07) is 1.66. The number of rotatable bonds is 6. The Balaban J connectivity index is 2.32. The first kappa shape index (κ1) is 15.6. The number of likely N-dealkylation sites (tertiary alicyclic amines) is 1. The van der Waals surface area contributed by atoms with Crippen LogP contribution >= 0.6 is 0 Å². The molecule has 0 bridgehead atoms. The lowest BCUT2D eigenvalue weighted by molar-refractivity contribution is -0.130. The quantitative estimate of drug-likeness (QED) is 0.857. The van der Waals surface area contributed by atoms with Gasteiger partial charge in [0.05, 0.1) is 18.4 Å². The maximum atomic E-state index is 12.8. The summed E-state index contributed by atoms with van der Waals surface area (Å²) in [4.78, 5) is 26.3. The lowest BCUT2D eigenvalue weighted by Crippen LogP contribution is -2.58. The predicted octanol–water partition coefficient (Wildman–Crippen LogP) is 1.34. The lowest BCUT2D eigenvalue weighted by atomic mass is 9.95. The molecule has 1 aromatic rings. The van der Waals surface area contributed by atoms with Gasteiger partial charge in [-0.2, -0.15) is 0 Å². The van der Waals surface area contributed by atoms with Gasteiger partial charge >= 0.3 is 0 Å². The van der Waals surface area contributed by atoms with Gasteiger partial charge in [0.15, 0.2) is 0 Å². The van der Waals surface area contributed by atoms with Crippen molar-refractivity contribution in [2.75, 3.05) is 20.3 Å². The molecule has 1 unspecified atom stereocenters. The minimum absolute atomic E-state index is 0.120. The van der Waals surface area contributed by atoms with Crippen LogP contribution in [0.15, 0.2) is 16.7 Å². The van der Waals surface area contributed by atoms with E-state index in [0.717, 1.165) is 12.8 Å². The Labute approximate surface area is 124 Å². The number of amides is 2. The van der Waals surface area contributed by atoms with E-state index in [-0.39, 0.29) is 12.5 Å². The monoisotopic (exact) mass is 294 g/mol. The standard InChI is InChI=1S/C15H22N2O4/c1-3-5-12-11(6-9-21-12)13(18)17-8-4-7-15(17,10-20-2)14(16)19/h6,9H,3-5,7-8,10H2,1-2H3,(H2,16,19). The van der Waals surface area contributed by atoms with Crippen LogP contribution in [0.4, 0.5) is 0 Å². The van der Waals surface area contributed by atoms with E-state index in [2.05, 4.69) is 0 Å².